The standard InChI is InChI=1S/C35H48O4.C35H36O4/c2*1-3-28(4-2-26(1)11-19-34-23-36-34)21-29-5-7-30(8-6-29)22-31-13-17-33(18-14-31)39-25-38-32-15-9-27(10-16-32)12-20-35-24-37-35/h5-8,13-14,17-18,26-28,32,34-35H,1-4,9-12,15-16,19-25H2;1-10,13-18,34-35H,11-12,19-25H2. The second kappa shape index (κ2) is 28.1. The lowest BCUT2D eigenvalue weighted by Gasteiger charge is -2.28. The van der Waals surface area contributed by atoms with E-state index in [1.165, 1.54) is 121 Å². The third-order valence-corrected chi connectivity index (χ3v) is 17.2. The predicted molar refractivity (Wildman–Crippen MR) is 309 cm³/mol. The van der Waals surface area contributed by atoms with Gasteiger partial charge in [0.1, 0.15) is 17.2 Å². The van der Waals surface area contributed by atoms with Crippen LogP contribution in [0.2, 0.25) is 0 Å². The van der Waals surface area contributed by atoms with E-state index in [1.54, 1.807) is 0 Å². The Morgan fingerprint density at radius 2 is 0.590 bits per heavy atom. The number of hydrogen-bond acceptors (Lipinski definition) is 8. The number of rotatable bonds is 28. The molecule has 6 fully saturated rings. The van der Waals surface area contributed by atoms with Crippen molar-refractivity contribution in [2.75, 3.05) is 40.0 Å². The lowest BCUT2D eigenvalue weighted by atomic mass is 9.77. The number of ether oxygens (including phenoxy) is 8. The van der Waals surface area contributed by atoms with E-state index in [0.717, 1.165) is 119 Å². The highest BCUT2D eigenvalue weighted by molar-refractivity contribution is 5.36. The fourth-order valence-electron chi connectivity index (χ4n) is 11.7. The minimum Gasteiger partial charge on any atom is -0.468 e. The molecule has 0 spiro atoms. The second-order valence-electron chi connectivity index (χ2n) is 23.5. The number of hydrogen-bond donors (Lipinski definition) is 0. The Labute approximate surface area is 465 Å². The third kappa shape index (κ3) is 18.8. The molecule has 0 aromatic heterocycles. The molecule has 78 heavy (non-hydrogen) atoms. The molecule has 4 unspecified atom stereocenters. The molecule has 12 rings (SSSR count). The van der Waals surface area contributed by atoms with Gasteiger partial charge in [-0.3, -0.25) is 0 Å². The van der Waals surface area contributed by atoms with Gasteiger partial charge in [-0.2, -0.15) is 0 Å². The average molecular weight is 1050 g/mol. The van der Waals surface area contributed by atoms with Crippen molar-refractivity contribution in [2.45, 2.75) is 159 Å². The summed E-state index contributed by atoms with van der Waals surface area (Å²) in [7, 11) is 0. The Morgan fingerprint density at radius 1 is 0.295 bits per heavy atom. The highest BCUT2D eigenvalue weighted by Gasteiger charge is 2.28. The summed E-state index contributed by atoms with van der Waals surface area (Å²) >= 11 is 0. The van der Waals surface area contributed by atoms with Gasteiger partial charge < -0.3 is 37.9 Å². The van der Waals surface area contributed by atoms with E-state index in [1.807, 2.05) is 24.3 Å². The van der Waals surface area contributed by atoms with E-state index in [2.05, 4.69) is 121 Å². The van der Waals surface area contributed by atoms with Crippen LogP contribution in [-0.4, -0.2) is 70.5 Å². The molecule has 0 amide bonds. The smallest absolute Gasteiger partial charge is 0.230 e. The lowest BCUT2D eigenvalue weighted by Crippen LogP contribution is -2.23. The molecule has 0 radical (unpaired) electrons. The monoisotopic (exact) mass is 1050 g/mol. The predicted octanol–water partition coefficient (Wildman–Crippen LogP) is 14.8. The SMILES string of the molecule is c1cc(CC2CCC(CCC3CO3)CC2)ccc1Cc1ccc(OCOC2CCC(CCC3CO3)CC2)cc1.c1cc(Cc2ccc(Cc3ccc(OCOc4ccc(CCC5CO5)cc4)cc3)cc2)ccc1CCC1CO1. The summed E-state index contributed by atoms with van der Waals surface area (Å²) in [4.78, 5) is 0. The number of aryl methyl sites for hydroxylation is 2. The van der Waals surface area contributed by atoms with Crippen molar-refractivity contribution in [3.63, 3.8) is 0 Å². The molecular weight excluding hydrogens is 969 g/mol. The molecule has 8 heteroatoms. The van der Waals surface area contributed by atoms with Gasteiger partial charge >= 0.3 is 0 Å². The van der Waals surface area contributed by atoms with E-state index in [0.29, 0.717) is 37.3 Å². The van der Waals surface area contributed by atoms with E-state index in [9.17, 15) is 0 Å². The largest absolute Gasteiger partial charge is 0.468 e. The van der Waals surface area contributed by atoms with Crippen LogP contribution in [0.4, 0.5) is 0 Å². The normalized spacial score (nSPS) is 23.8. The minimum absolute atomic E-state index is 0.189. The maximum Gasteiger partial charge on any atom is 0.230 e. The second-order valence-corrected chi connectivity index (χ2v) is 23.5. The van der Waals surface area contributed by atoms with Gasteiger partial charge in [-0.05, 0) is 220 Å². The summed E-state index contributed by atoms with van der Waals surface area (Å²) in [6.45, 7) is 4.40. The van der Waals surface area contributed by atoms with Gasteiger partial charge in [0.25, 0.3) is 0 Å². The summed E-state index contributed by atoms with van der Waals surface area (Å²) in [5.41, 5.74) is 12.2. The quantitative estimate of drug-likeness (QED) is 0.0355. The zero-order chi connectivity index (χ0) is 52.6. The van der Waals surface area contributed by atoms with Crippen molar-refractivity contribution in [3.8, 4) is 17.2 Å². The van der Waals surface area contributed by atoms with Gasteiger partial charge in [-0.1, -0.05) is 122 Å². The first-order valence-electron chi connectivity index (χ1n) is 30.0. The zero-order valence-electron chi connectivity index (χ0n) is 46.1. The molecule has 6 aromatic carbocycles. The highest BCUT2D eigenvalue weighted by Crippen LogP contribution is 2.36. The molecule has 4 heterocycles. The van der Waals surface area contributed by atoms with Crippen LogP contribution in [0.15, 0.2) is 146 Å². The maximum atomic E-state index is 6.04. The van der Waals surface area contributed by atoms with Crippen LogP contribution < -0.4 is 14.2 Å². The zero-order valence-corrected chi connectivity index (χ0v) is 46.1. The minimum atomic E-state index is 0.189. The molecule has 4 saturated heterocycles. The summed E-state index contributed by atoms with van der Waals surface area (Å²) < 4.78 is 44.8. The molecular formula is C70H84O8. The first-order chi connectivity index (χ1) is 38.5. The third-order valence-electron chi connectivity index (χ3n) is 17.2. The fraction of sp³-hybridized carbons (Fsp3) is 0.486. The van der Waals surface area contributed by atoms with Crippen molar-refractivity contribution in [3.05, 3.63) is 196 Å². The Bertz CT molecular complexity index is 2650. The van der Waals surface area contributed by atoms with Crippen LogP contribution in [0.3, 0.4) is 0 Å². The molecule has 4 aliphatic heterocycles. The van der Waals surface area contributed by atoms with Crippen LogP contribution >= 0.6 is 0 Å². The summed E-state index contributed by atoms with van der Waals surface area (Å²) in [6.07, 6.45) is 26.7. The summed E-state index contributed by atoms with van der Waals surface area (Å²) in [5, 5.41) is 0. The summed E-state index contributed by atoms with van der Waals surface area (Å²) in [5.74, 6) is 5.19. The molecule has 6 aromatic rings. The highest BCUT2D eigenvalue weighted by atomic mass is 16.7. The van der Waals surface area contributed by atoms with Crippen LogP contribution in [0, 0.1) is 17.8 Å². The lowest BCUT2D eigenvalue weighted by molar-refractivity contribution is -0.0554. The summed E-state index contributed by atoms with van der Waals surface area (Å²) in [6, 6.07) is 52.4. The van der Waals surface area contributed by atoms with Gasteiger partial charge in [0.15, 0.2) is 6.79 Å². The van der Waals surface area contributed by atoms with Crippen molar-refractivity contribution in [2.24, 2.45) is 17.8 Å². The van der Waals surface area contributed by atoms with Crippen molar-refractivity contribution in [1.29, 1.82) is 0 Å². The van der Waals surface area contributed by atoms with Crippen LogP contribution in [0.5, 0.6) is 17.2 Å². The van der Waals surface area contributed by atoms with Crippen molar-refractivity contribution < 1.29 is 37.9 Å². The van der Waals surface area contributed by atoms with Gasteiger partial charge in [0.05, 0.1) is 56.9 Å². The van der Waals surface area contributed by atoms with Gasteiger partial charge in [-0.15, -0.1) is 0 Å². The molecule has 2 aliphatic carbocycles. The Morgan fingerprint density at radius 3 is 0.974 bits per heavy atom. The van der Waals surface area contributed by atoms with Gasteiger partial charge in [0.2, 0.25) is 6.79 Å². The first kappa shape index (κ1) is 54.5. The average Bonchev–Trinajstić information content (AvgIpc) is 4.24. The van der Waals surface area contributed by atoms with Crippen LogP contribution in [-0.2, 0) is 62.2 Å². The Balaban J connectivity index is 0.000000165. The topological polar surface area (TPSA) is 87.0 Å². The molecule has 2 saturated carbocycles. The molecule has 412 valence electrons. The van der Waals surface area contributed by atoms with Gasteiger partial charge in [-0.25, -0.2) is 0 Å². The van der Waals surface area contributed by atoms with E-state index >= 15 is 0 Å². The Kier molecular flexibility index (Phi) is 19.6. The Hall–Kier alpha value is -5.48. The molecule has 0 bridgehead atoms. The molecule has 0 N–H and O–H groups in total. The van der Waals surface area contributed by atoms with Crippen molar-refractivity contribution >= 4 is 0 Å². The van der Waals surface area contributed by atoms with E-state index < -0.39 is 0 Å². The van der Waals surface area contributed by atoms with Gasteiger partial charge in [0, 0.05) is 0 Å². The van der Waals surface area contributed by atoms with E-state index in [4.69, 9.17) is 37.9 Å². The fourth-order valence-corrected chi connectivity index (χ4v) is 11.7. The maximum absolute atomic E-state index is 6.04. The molecule has 8 nitrogen and oxygen atoms in total. The number of benzene rings is 6. The molecule has 6 aliphatic rings. The van der Waals surface area contributed by atoms with Crippen LogP contribution in [0.1, 0.15) is 140 Å². The van der Waals surface area contributed by atoms with Crippen molar-refractivity contribution in [1.82, 2.24) is 0 Å². The molecule has 4 atom stereocenters. The van der Waals surface area contributed by atoms with E-state index in [-0.39, 0.29) is 6.79 Å². The first-order valence-corrected chi connectivity index (χ1v) is 30.0. The van der Waals surface area contributed by atoms with Crippen LogP contribution in [0.25, 0.3) is 0 Å². The number of epoxide rings is 4.